The van der Waals surface area contributed by atoms with E-state index in [2.05, 4.69) is 10.6 Å². The second-order valence-corrected chi connectivity index (χ2v) is 5.83. The number of carbonyl (C=O) groups excluding carboxylic acids is 2. The summed E-state index contributed by atoms with van der Waals surface area (Å²) >= 11 is 0. The molecule has 0 aromatic heterocycles. The van der Waals surface area contributed by atoms with Gasteiger partial charge in [-0.05, 0) is 25.7 Å². The van der Waals surface area contributed by atoms with E-state index in [1.54, 1.807) is 11.9 Å². The highest BCUT2D eigenvalue weighted by molar-refractivity contribution is 5.81. The van der Waals surface area contributed by atoms with E-state index in [1.165, 1.54) is 0 Å². The Bertz CT molecular complexity index is 426. The molecule has 2 aliphatic rings. The molecule has 0 spiro atoms. The first-order valence-electron chi connectivity index (χ1n) is 7.52. The number of carbonyl (C=O) groups is 3. The van der Waals surface area contributed by atoms with E-state index in [0.29, 0.717) is 25.9 Å². The molecule has 3 unspecified atom stereocenters. The number of nitrogens with zero attached hydrogens (tertiary/aromatic N) is 1. The van der Waals surface area contributed by atoms with E-state index >= 15 is 0 Å². The molecule has 7 nitrogen and oxygen atoms in total. The van der Waals surface area contributed by atoms with Gasteiger partial charge in [0.1, 0.15) is 0 Å². The number of piperidine rings is 1. The fourth-order valence-electron chi connectivity index (χ4n) is 3.26. The summed E-state index contributed by atoms with van der Waals surface area (Å²) in [6, 6.07) is -0.544. The van der Waals surface area contributed by atoms with Crippen LogP contribution in [-0.2, 0) is 9.59 Å². The number of carboxylic acids is 1. The fourth-order valence-corrected chi connectivity index (χ4v) is 3.26. The van der Waals surface area contributed by atoms with Crippen LogP contribution in [0.15, 0.2) is 0 Å². The molecule has 2 rings (SSSR count). The highest BCUT2D eigenvalue weighted by Gasteiger charge is 2.35. The quantitative estimate of drug-likeness (QED) is 0.702. The number of urea groups is 1. The summed E-state index contributed by atoms with van der Waals surface area (Å²) in [5.41, 5.74) is 0. The standard InChI is InChI=1S/C14H23N3O4/c1-15-12(18)9-4-3-7-17(8-9)14(21)16-11-6-2-5-10(11)13(19)20/h9-11H,2-8H2,1H3,(H,15,18)(H,16,21)(H,19,20). The minimum absolute atomic E-state index is 0.0446. The Morgan fingerprint density at radius 1 is 1.14 bits per heavy atom. The van der Waals surface area contributed by atoms with Crippen LogP contribution in [0, 0.1) is 11.8 Å². The molecule has 1 aliphatic heterocycles. The van der Waals surface area contributed by atoms with Crippen LogP contribution in [-0.4, -0.2) is 54.1 Å². The van der Waals surface area contributed by atoms with Crippen molar-refractivity contribution in [1.82, 2.24) is 15.5 Å². The third kappa shape index (κ3) is 3.65. The van der Waals surface area contributed by atoms with Crippen LogP contribution < -0.4 is 10.6 Å². The molecule has 2 fully saturated rings. The van der Waals surface area contributed by atoms with Crippen LogP contribution >= 0.6 is 0 Å². The molecule has 1 saturated carbocycles. The van der Waals surface area contributed by atoms with Crippen molar-refractivity contribution >= 4 is 17.9 Å². The maximum absolute atomic E-state index is 12.3. The lowest BCUT2D eigenvalue weighted by Crippen LogP contribution is -2.52. The Balaban J connectivity index is 1.90. The zero-order chi connectivity index (χ0) is 15.4. The molecule has 0 radical (unpaired) electrons. The summed E-state index contributed by atoms with van der Waals surface area (Å²) in [6.07, 6.45) is 3.71. The molecular formula is C14H23N3O4. The summed E-state index contributed by atoms with van der Waals surface area (Å²) < 4.78 is 0. The van der Waals surface area contributed by atoms with Crippen LogP contribution in [0.3, 0.4) is 0 Å². The summed E-state index contributed by atoms with van der Waals surface area (Å²) in [4.78, 5) is 36.7. The van der Waals surface area contributed by atoms with Gasteiger partial charge in [0, 0.05) is 26.2 Å². The summed E-state index contributed by atoms with van der Waals surface area (Å²) in [5.74, 6) is -1.56. The van der Waals surface area contributed by atoms with Gasteiger partial charge >= 0.3 is 12.0 Å². The Labute approximate surface area is 124 Å². The maximum atomic E-state index is 12.3. The second-order valence-electron chi connectivity index (χ2n) is 5.83. The van der Waals surface area contributed by atoms with Crippen molar-refractivity contribution in [2.75, 3.05) is 20.1 Å². The Kier molecular flexibility index (Phi) is 5.03. The van der Waals surface area contributed by atoms with Gasteiger partial charge in [0.2, 0.25) is 5.91 Å². The highest BCUT2D eigenvalue weighted by Crippen LogP contribution is 2.26. The van der Waals surface area contributed by atoms with E-state index in [1.807, 2.05) is 0 Å². The second kappa shape index (κ2) is 6.78. The molecule has 21 heavy (non-hydrogen) atoms. The van der Waals surface area contributed by atoms with Crippen molar-refractivity contribution in [2.45, 2.75) is 38.1 Å². The van der Waals surface area contributed by atoms with E-state index in [0.717, 1.165) is 19.3 Å². The molecule has 1 saturated heterocycles. The molecule has 3 atom stereocenters. The number of hydrogen-bond donors (Lipinski definition) is 3. The van der Waals surface area contributed by atoms with Gasteiger partial charge in [0.15, 0.2) is 0 Å². The lowest BCUT2D eigenvalue weighted by molar-refractivity contribution is -0.142. The van der Waals surface area contributed by atoms with Crippen LogP contribution in [0.4, 0.5) is 4.79 Å². The Morgan fingerprint density at radius 2 is 1.90 bits per heavy atom. The first-order chi connectivity index (χ1) is 10.0. The molecule has 3 amide bonds. The number of likely N-dealkylation sites (tertiary alicyclic amines) is 1. The topological polar surface area (TPSA) is 98.7 Å². The number of nitrogens with one attached hydrogen (secondary N) is 2. The van der Waals surface area contributed by atoms with Crippen molar-refractivity contribution in [1.29, 1.82) is 0 Å². The molecule has 7 heteroatoms. The first kappa shape index (κ1) is 15.6. The van der Waals surface area contributed by atoms with Gasteiger partial charge in [0.05, 0.1) is 11.8 Å². The van der Waals surface area contributed by atoms with Crippen LogP contribution in [0.5, 0.6) is 0 Å². The van der Waals surface area contributed by atoms with E-state index < -0.39 is 11.9 Å². The zero-order valence-electron chi connectivity index (χ0n) is 12.3. The molecule has 0 aromatic carbocycles. The van der Waals surface area contributed by atoms with Crippen molar-refractivity contribution in [2.24, 2.45) is 11.8 Å². The van der Waals surface area contributed by atoms with Gasteiger partial charge in [-0.15, -0.1) is 0 Å². The number of rotatable bonds is 3. The smallest absolute Gasteiger partial charge is 0.317 e. The van der Waals surface area contributed by atoms with Crippen LogP contribution in [0.2, 0.25) is 0 Å². The van der Waals surface area contributed by atoms with Gasteiger partial charge in [-0.2, -0.15) is 0 Å². The monoisotopic (exact) mass is 297 g/mol. The maximum Gasteiger partial charge on any atom is 0.317 e. The van der Waals surface area contributed by atoms with Gasteiger partial charge < -0.3 is 20.6 Å². The van der Waals surface area contributed by atoms with Crippen LogP contribution in [0.25, 0.3) is 0 Å². The fraction of sp³-hybridized carbons (Fsp3) is 0.786. The summed E-state index contributed by atoms with van der Waals surface area (Å²) in [5, 5.41) is 14.6. The Morgan fingerprint density at radius 3 is 2.57 bits per heavy atom. The molecule has 3 N–H and O–H groups in total. The van der Waals surface area contributed by atoms with Crippen molar-refractivity contribution in [3.63, 3.8) is 0 Å². The average molecular weight is 297 g/mol. The van der Waals surface area contributed by atoms with E-state index in [-0.39, 0.29) is 23.9 Å². The minimum Gasteiger partial charge on any atom is -0.481 e. The lowest BCUT2D eigenvalue weighted by atomic mass is 9.97. The number of carboxylic acid groups (broad SMARTS) is 1. The normalized spacial score (nSPS) is 29.0. The van der Waals surface area contributed by atoms with Crippen LogP contribution in [0.1, 0.15) is 32.1 Å². The lowest BCUT2D eigenvalue weighted by Gasteiger charge is -2.33. The third-order valence-corrected chi connectivity index (χ3v) is 4.47. The van der Waals surface area contributed by atoms with Crippen molar-refractivity contribution < 1.29 is 19.5 Å². The minimum atomic E-state index is -0.848. The average Bonchev–Trinajstić information content (AvgIpc) is 2.94. The largest absolute Gasteiger partial charge is 0.481 e. The van der Waals surface area contributed by atoms with Crippen molar-refractivity contribution in [3.05, 3.63) is 0 Å². The van der Waals surface area contributed by atoms with E-state index in [9.17, 15) is 14.4 Å². The molecular weight excluding hydrogens is 274 g/mol. The van der Waals surface area contributed by atoms with E-state index in [4.69, 9.17) is 5.11 Å². The highest BCUT2D eigenvalue weighted by atomic mass is 16.4. The predicted octanol–water partition coefficient (Wildman–Crippen LogP) is 0.407. The van der Waals surface area contributed by atoms with Gasteiger partial charge in [0.25, 0.3) is 0 Å². The number of amides is 3. The number of aliphatic carboxylic acids is 1. The third-order valence-electron chi connectivity index (χ3n) is 4.47. The molecule has 0 aromatic rings. The van der Waals surface area contributed by atoms with Gasteiger partial charge in [-0.1, -0.05) is 6.42 Å². The molecule has 1 aliphatic carbocycles. The molecule has 118 valence electrons. The van der Waals surface area contributed by atoms with Gasteiger partial charge in [-0.25, -0.2) is 4.79 Å². The first-order valence-corrected chi connectivity index (χ1v) is 7.52. The predicted molar refractivity (Wildman–Crippen MR) is 75.7 cm³/mol. The Hall–Kier alpha value is -1.79. The SMILES string of the molecule is CNC(=O)C1CCCN(C(=O)NC2CCCC2C(=O)O)C1. The summed E-state index contributed by atoms with van der Waals surface area (Å²) in [6.45, 7) is 1.01. The van der Waals surface area contributed by atoms with Gasteiger partial charge in [-0.3, -0.25) is 9.59 Å². The van der Waals surface area contributed by atoms with Crippen molar-refractivity contribution in [3.8, 4) is 0 Å². The number of hydrogen-bond acceptors (Lipinski definition) is 3. The molecule has 1 heterocycles. The summed E-state index contributed by atoms with van der Waals surface area (Å²) in [7, 11) is 1.59. The zero-order valence-corrected chi connectivity index (χ0v) is 12.3. The molecule has 0 bridgehead atoms.